The zero-order valence-corrected chi connectivity index (χ0v) is 18.6. The number of benzene rings is 1. The average molecular weight is 436 g/mol. The number of anilines is 1. The van der Waals surface area contributed by atoms with Gasteiger partial charge in [-0.15, -0.1) is 6.58 Å². The SMILES string of the molecule is C=CCn1c(C2=CC=C(OC3CSC3)CC2)ncc(NCCCc2ccccc2)c1=O. The minimum atomic E-state index is -0.0527. The maximum atomic E-state index is 13.1. The van der Waals surface area contributed by atoms with Crippen LogP contribution in [-0.2, 0) is 17.7 Å². The predicted molar refractivity (Wildman–Crippen MR) is 129 cm³/mol. The molecule has 0 bridgehead atoms. The van der Waals surface area contributed by atoms with Crippen LogP contribution in [0.25, 0.3) is 5.57 Å². The highest BCUT2D eigenvalue weighted by atomic mass is 32.2. The molecule has 1 aromatic heterocycles. The number of rotatable bonds is 10. The van der Waals surface area contributed by atoms with Crippen molar-refractivity contribution in [2.75, 3.05) is 23.4 Å². The topological polar surface area (TPSA) is 56.1 Å². The summed E-state index contributed by atoms with van der Waals surface area (Å²) in [4.78, 5) is 17.7. The van der Waals surface area contributed by atoms with Crippen LogP contribution >= 0.6 is 11.8 Å². The molecule has 0 saturated carbocycles. The Labute approximate surface area is 187 Å². The van der Waals surface area contributed by atoms with E-state index in [9.17, 15) is 4.79 Å². The molecule has 2 aliphatic rings. The van der Waals surface area contributed by atoms with Gasteiger partial charge in [-0.05, 0) is 36.5 Å². The van der Waals surface area contributed by atoms with Crippen LogP contribution in [-0.4, -0.2) is 33.7 Å². The molecule has 1 aromatic carbocycles. The highest BCUT2D eigenvalue weighted by molar-refractivity contribution is 8.00. The lowest BCUT2D eigenvalue weighted by Crippen LogP contribution is -2.28. The number of nitrogens with one attached hydrogen (secondary N) is 1. The Kier molecular flexibility index (Phi) is 7.30. The number of allylic oxidation sites excluding steroid dienone is 5. The second-order valence-corrected chi connectivity index (χ2v) is 8.89. The smallest absolute Gasteiger partial charge is 0.277 e. The lowest BCUT2D eigenvalue weighted by atomic mass is 10.0. The summed E-state index contributed by atoms with van der Waals surface area (Å²) < 4.78 is 7.71. The first-order valence-corrected chi connectivity index (χ1v) is 12.0. The van der Waals surface area contributed by atoms with E-state index in [1.807, 2.05) is 30.0 Å². The van der Waals surface area contributed by atoms with Crippen LogP contribution in [0.4, 0.5) is 5.69 Å². The van der Waals surface area contributed by atoms with Gasteiger partial charge in [0.25, 0.3) is 5.56 Å². The number of ether oxygens (including phenoxy) is 1. The summed E-state index contributed by atoms with van der Waals surface area (Å²) in [6.45, 7) is 4.98. The fourth-order valence-electron chi connectivity index (χ4n) is 3.73. The second kappa shape index (κ2) is 10.5. The Morgan fingerprint density at radius 2 is 2.06 bits per heavy atom. The summed E-state index contributed by atoms with van der Waals surface area (Å²) in [6, 6.07) is 10.4. The predicted octanol–water partition coefficient (Wildman–Crippen LogP) is 4.67. The van der Waals surface area contributed by atoms with E-state index in [4.69, 9.17) is 4.74 Å². The van der Waals surface area contributed by atoms with E-state index in [1.54, 1.807) is 16.8 Å². The molecule has 0 radical (unpaired) electrons. The molecule has 2 aromatic rings. The van der Waals surface area contributed by atoms with E-state index >= 15 is 0 Å². The van der Waals surface area contributed by atoms with Gasteiger partial charge in [-0.2, -0.15) is 11.8 Å². The minimum Gasteiger partial charge on any atom is -0.493 e. The third kappa shape index (κ3) is 5.50. The quantitative estimate of drug-likeness (QED) is 0.434. The van der Waals surface area contributed by atoms with E-state index in [0.717, 1.165) is 55.1 Å². The molecule has 0 atom stereocenters. The molecule has 1 N–H and O–H groups in total. The van der Waals surface area contributed by atoms with Crippen molar-refractivity contribution in [1.29, 1.82) is 0 Å². The number of hydrogen-bond donors (Lipinski definition) is 1. The van der Waals surface area contributed by atoms with Crippen LogP contribution in [0.1, 0.15) is 30.7 Å². The molecule has 162 valence electrons. The highest BCUT2D eigenvalue weighted by Gasteiger charge is 2.22. The van der Waals surface area contributed by atoms with Gasteiger partial charge in [-0.3, -0.25) is 9.36 Å². The fourth-order valence-corrected chi connectivity index (χ4v) is 4.29. The molecule has 0 spiro atoms. The number of hydrogen-bond acceptors (Lipinski definition) is 5. The van der Waals surface area contributed by atoms with Gasteiger partial charge >= 0.3 is 0 Å². The summed E-state index contributed by atoms with van der Waals surface area (Å²) in [7, 11) is 0. The number of nitrogens with zero attached hydrogens (tertiary/aromatic N) is 2. The third-order valence-electron chi connectivity index (χ3n) is 5.48. The standard InChI is InChI=1S/C25H29N3O2S/c1-2-15-28-24(20-10-12-21(13-11-20)30-22-17-31-18-22)27-16-23(25(28)29)26-14-6-9-19-7-4-3-5-8-19/h2-5,7-8,10,12,16,22,26H,1,6,9,11,13-15,17-18H2. The van der Waals surface area contributed by atoms with Gasteiger partial charge in [-0.1, -0.05) is 42.5 Å². The van der Waals surface area contributed by atoms with Crippen LogP contribution in [0.2, 0.25) is 0 Å². The Morgan fingerprint density at radius 1 is 1.23 bits per heavy atom. The molecular formula is C25H29N3O2S. The van der Waals surface area contributed by atoms with Crippen molar-refractivity contribution in [2.24, 2.45) is 0 Å². The monoisotopic (exact) mass is 435 g/mol. The number of aryl methyl sites for hydroxylation is 1. The fraction of sp³-hybridized carbons (Fsp3) is 0.360. The van der Waals surface area contributed by atoms with E-state index in [-0.39, 0.29) is 5.56 Å². The van der Waals surface area contributed by atoms with Gasteiger partial charge in [0, 0.05) is 31.0 Å². The summed E-state index contributed by atoms with van der Waals surface area (Å²) >= 11 is 1.92. The van der Waals surface area contributed by atoms with Crippen molar-refractivity contribution in [3.05, 3.63) is 88.8 Å². The maximum absolute atomic E-state index is 13.1. The first kappa shape index (κ1) is 21.5. The van der Waals surface area contributed by atoms with Gasteiger partial charge in [-0.25, -0.2) is 4.98 Å². The normalized spacial score (nSPS) is 16.1. The summed E-state index contributed by atoms with van der Waals surface area (Å²) in [5, 5.41) is 3.27. The first-order valence-electron chi connectivity index (χ1n) is 10.9. The van der Waals surface area contributed by atoms with E-state index in [2.05, 4.69) is 41.1 Å². The lowest BCUT2D eigenvalue weighted by Gasteiger charge is -2.28. The second-order valence-electron chi connectivity index (χ2n) is 7.82. The molecule has 1 fully saturated rings. The average Bonchev–Trinajstić information content (AvgIpc) is 2.77. The van der Waals surface area contributed by atoms with Gasteiger partial charge in [0.1, 0.15) is 17.6 Å². The van der Waals surface area contributed by atoms with Crippen LogP contribution in [0.15, 0.2) is 71.9 Å². The van der Waals surface area contributed by atoms with Crippen molar-refractivity contribution >= 4 is 23.0 Å². The Hall–Kier alpha value is -2.73. The summed E-state index contributed by atoms with van der Waals surface area (Å²) in [5.41, 5.74) is 2.85. The molecule has 31 heavy (non-hydrogen) atoms. The van der Waals surface area contributed by atoms with E-state index in [0.29, 0.717) is 24.2 Å². The third-order valence-corrected chi connectivity index (χ3v) is 6.70. The molecule has 2 heterocycles. The molecule has 6 heteroatoms. The lowest BCUT2D eigenvalue weighted by molar-refractivity contribution is 0.138. The zero-order valence-electron chi connectivity index (χ0n) is 17.8. The van der Waals surface area contributed by atoms with Crippen LogP contribution in [0, 0.1) is 0 Å². The summed E-state index contributed by atoms with van der Waals surface area (Å²) in [5.74, 6) is 3.90. The van der Waals surface area contributed by atoms with Gasteiger partial charge in [0.2, 0.25) is 0 Å². The van der Waals surface area contributed by atoms with Gasteiger partial charge in [0.15, 0.2) is 0 Å². The van der Waals surface area contributed by atoms with Crippen molar-refractivity contribution < 1.29 is 4.74 Å². The van der Waals surface area contributed by atoms with Crippen LogP contribution in [0.5, 0.6) is 0 Å². The summed E-state index contributed by atoms with van der Waals surface area (Å²) in [6.07, 6.45) is 11.4. The molecule has 0 unspecified atom stereocenters. The molecule has 0 amide bonds. The van der Waals surface area contributed by atoms with Crippen molar-refractivity contribution in [2.45, 2.75) is 38.3 Å². The van der Waals surface area contributed by atoms with Crippen molar-refractivity contribution in [3.8, 4) is 0 Å². The van der Waals surface area contributed by atoms with Gasteiger partial charge in [0.05, 0.1) is 12.0 Å². The van der Waals surface area contributed by atoms with E-state index < -0.39 is 0 Å². The molecular weight excluding hydrogens is 406 g/mol. The van der Waals surface area contributed by atoms with Gasteiger partial charge < -0.3 is 10.1 Å². The van der Waals surface area contributed by atoms with Crippen molar-refractivity contribution in [1.82, 2.24) is 9.55 Å². The van der Waals surface area contributed by atoms with Crippen LogP contribution in [0.3, 0.4) is 0 Å². The molecule has 1 aliphatic carbocycles. The largest absolute Gasteiger partial charge is 0.493 e. The molecule has 1 saturated heterocycles. The van der Waals surface area contributed by atoms with E-state index in [1.165, 1.54) is 5.56 Å². The zero-order chi connectivity index (χ0) is 21.5. The number of thioether (sulfide) groups is 1. The Bertz CT molecular complexity index is 1020. The highest BCUT2D eigenvalue weighted by Crippen LogP contribution is 2.30. The number of aromatic nitrogens is 2. The first-order chi connectivity index (χ1) is 15.2. The Balaban J connectivity index is 1.43. The maximum Gasteiger partial charge on any atom is 0.277 e. The van der Waals surface area contributed by atoms with Crippen molar-refractivity contribution in [3.63, 3.8) is 0 Å². The minimum absolute atomic E-state index is 0.0527. The molecule has 4 rings (SSSR count). The molecule has 5 nitrogen and oxygen atoms in total. The van der Waals surface area contributed by atoms with Crippen LogP contribution < -0.4 is 10.9 Å². The molecule has 1 aliphatic heterocycles. The Morgan fingerprint density at radius 3 is 2.74 bits per heavy atom.